The summed E-state index contributed by atoms with van der Waals surface area (Å²) < 4.78 is 5.25. The van der Waals surface area contributed by atoms with Crippen molar-refractivity contribution in [3.05, 3.63) is 23.7 Å². The van der Waals surface area contributed by atoms with Gasteiger partial charge < -0.3 is 4.42 Å². The highest BCUT2D eigenvalue weighted by Gasteiger charge is 2.33. The smallest absolute Gasteiger partial charge is 0.136 e. The van der Waals surface area contributed by atoms with Crippen molar-refractivity contribution < 1.29 is 9.21 Å². The third-order valence-corrected chi connectivity index (χ3v) is 3.11. The first-order valence-corrected chi connectivity index (χ1v) is 4.77. The van der Waals surface area contributed by atoms with E-state index in [1.165, 1.54) is 5.56 Å². The molecule has 70 valence electrons. The van der Waals surface area contributed by atoms with Crippen molar-refractivity contribution in [1.29, 1.82) is 0 Å². The monoisotopic (exact) mass is 178 g/mol. The van der Waals surface area contributed by atoms with E-state index in [0.717, 1.165) is 18.6 Å². The molecule has 1 aromatic heterocycles. The Balaban J connectivity index is 2.28. The topological polar surface area (TPSA) is 30.2 Å². The first kappa shape index (κ1) is 8.54. The molecule has 0 bridgehead atoms. The van der Waals surface area contributed by atoms with Crippen molar-refractivity contribution >= 4 is 5.78 Å². The second kappa shape index (κ2) is 3.02. The molecule has 2 nitrogen and oxygen atoms in total. The van der Waals surface area contributed by atoms with Crippen LogP contribution in [0.15, 0.2) is 16.7 Å². The summed E-state index contributed by atoms with van der Waals surface area (Å²) in [7, 11) is 0. The maximum Gasteiger partial charge on any atom is 0.136 e. The van der Waals surface area contributed by atoms with Gasteiger partial charge in [0.05, 0.1) is 6.26 Å². The van der Waals surface area contributed by atoms with Gasteiger partial charge in [0.25, 0.3) is 0 Å². The summed E-state index contributed by atoms with van der Waals surface area (Å²) >= 11 is 0. The minimum Gasteiger partial charge on any atom is -0.469 e. The molecule has 1 aliphatic carbocycles. The number of aryl methyl sites for hydroxylation is 1. The molecule has 0 aliphatic heterocycles. The lowest BCUT2D eigenvalue weighted by Gasteiger charge is -2.12. The van der Waals surface area contributed by atoms with Gasteiger partial charge in [-0.25, -0.2) is 0 Å². The number of Topliss-reactive ketones (excluding diaryl/α,β-unsaturated/α-hetero) is 1. The molecule has 1 fully saturated rings. The molecule has 2 rings (SSSR count). The predicted octanol–water partition coefficient (Wildman–Crippen LogP) is 2.67. The van der Waals surface area contributed by atoms with Gasteiger partial charge in [0, 0.05) is 12.3 Å². The summed E-state index contributed by atoms with van der Waals surface area (Å²) in [5, 5.41) is 0. The molecule has 0 aromatic carbocycles. The van der Waals surface area contributed by atoms with Crippen LogP contribution < -0.4 is 0 Å². The van der Waals surface area contributed by atoms with Crippen LogP contribution in [-0.4, -0.2) is 5.78 Å². The van der Waals surface area contributed by atoms with Gasteiger partial charge in [-0.3, -0.25) is 4.79 Å². The lowest BCUT2D eigenvalue weighted by atomic mass is 9.90. The summed E-state index contributed by atoms with van der Waals surface area (Å²) in [6.07, 6.45) is 3.43. The largest absolute Gasteiger partial charge is 0.469 e. The zero-order valence-electron chi connectivity index (χ0n) is 8.04. The lowest BCUT2D eigenvalue weighted by Crippen LogP contribution is -2.08. The molecule has 1 saturated carbocycles. The summed E-state index contributed by atoms with van der Waals surface area (Å²) in [5.74, 6) is 1.93. The van der Waals surface area contributed by atoms with E-state index in [2.05, 4.69) is 0 Å². The average Bonchev–Trinajstić information content (AvgIpc) is 2.62. The Morgan fingerprint density at radius 1 is 1.54 bits per heavy atom. The third kappa shape index (κ3) is 1.30. The van der Waals surface area contributed by atoms with Crippen LogP contribution >= 0.6 is 0 Å². The van der Waals surface area contributed by atoms with Crippen molar-refractivity contribution in [3.63, 3.8) is 0 Å². The lowest BCUT2D eigenvalue weighted by molar-refractivity contribution is -0.120. The van der Waals surface area contributed by atoms with E-state index in [0.29, 0.717) is 11.7 Å². The third-order valence-electron chi connectivity index (χ3n) is 3.11. The standard InChI is InChI=1S/C11H14O2/c1-7-9(3-4-11(7)12)10-5-6-13-8(10)2/h5-7,9H,3-4H2,1-2H3. The molecule has 0 saturated heterocycles. The number of furan rings is 1. The van der Waals surface area contributed by atoms with Crippen LogP contribution in [0.5, 0.6) is 0 Å². The van der Waals surface area contributed by atoms with Gasteiger partial charge in [-0.15, -0.1) is 0 Å². The van der Waals surface area contributed by atoms with Crippen molar-refractivity contribution in [2.24, 2.45) is 5.92 Å². The Morgan fingerprint density at radius 3 is 2.77 bits per heavy atom. The molecule has 0 spiro atoms. The SMILES string of the molecule is Cc1occc1C1CCC(=O)C1C. The Hall–Kier alpha value is -1.05. The van der Waals surface area contributed by atoms with Crippen LogP contribution in [0.4, 0.5) is 0 Å². The van der Waals surface area contributed by atoms with Crippen LogP contribution in [-0.2, 0) is 4.79 Å². The molecule has 1 heterocycles. The zero-order valence-corrected chi connectivity index (χ0v) is 8.04. The Morgan fingerprint density at radius 2 is 2.31 bits per heavy atom. The number of ketones is 1. The van der Waals surface area contributed by atoms with Gasteiger partial charge in [-0.2, -0.15) is 0 Å². The molecule has 13 heavy (non-hydrogen) atoms. The van der Waals surface area contributed by atoms with Crippen LogP contribution in [0.25, 0.3) is 0 Å². The quantitative estimate of drug-likeness (QED) is 0.661. The summed E-state index contributed by atoms with van der Waals surface area (Å²) in [6, 6.07) is 2.00. The van der Waals surface area contributed by atoms with Gasteiger partial charge in [-0.1, -0.05) is 6.92 Å². The van der Waals surface area contributed by atoms with Crippen molar-refractivity contribution in [1.82, 2.24) is 0 Å². The maximum atomic E-state index is 11.4. The summed E-state index contributed by atoms with van der Waals surface area (Å²) in [6.45, 7) is 3.98. The van der Waals surface area contributed by atoms with E-state index in [9.17, 15) is 4.79 Å². The minimum absolute atomic E-state index is 0.177. The van der Waals surface area contributed by atoms with Gasteiger partial charge in [0.1, 0.15) is 11.5 Å². The number of carbonyl (C=O) groups excluding carboxylic acids is 1. The van der Waals surface area contributed by atoms with E-state index in [-0.39, 0.29) is 5.92 Å². The molecule has 0 radical (unpaired) electrons. The predicted molar refractivity (Wildman–Crippen MR) is 49.6 cm³/mol. The molecule has 1 aromatic rings. The van der Waals surface area contributed by atoms with E-state index >= 15 is 0 Å². The molecule has 2 atom stereocenters. The van der Waals surface area contributed by atoms with Gasteiger partial charge in [-0.05, 0) is 30.9 Å². The Labute approximate surface area is 77.9 Å². The van der Waals surface area contributed by atoms with Crippen LogP contribution in [0.2, 0.25) is 0 Å². The molecular formula is C11H14O2. The second-order valence-corrected chi connectivity index (χ2v) is 3.83. The van der Waals surface area contributed by atoms with Crippen molar-refractivity contribution in [2.75, 3.05) is 0 Å². The number of carbonyl (C=O) groups is 1. The molecular weight excluding hydrogens is 164 g/mol. The maximum absolute atomic E-state index is 11.4. The highest BCUT2D eigenvalue weighted by atomic mass is 16.3. The highest BCUT2D eigenvalue weighted by Crippen LogP contribution is 2.38. The molecule has 2 heteroatoms. The van der Waals surface area contributed by atoms with Gasteiger partial charge in [0.2, 0.25) is 0 Å². The van der Waals surface area contributed by atoms with E-state index < -0.39 is 0 Å². The fourth-order valence-corrected chi connectivity index (χ4v) is 2.20. The van der Waals surface area contributed by atoms with Gasteiger partial charge >= 0.3 is 0 Å². The fourth-order valence-electron chi connectivity index (χ4n) is 2.20. The average molecular weight is 178 g/mol. The zero-order chi connectivity index (χ0) is 9.42. The van der Waals surface area contributed by atoms with Gasteiger partial charge in [0.15, 0.2) is 0 Å². The first-order valence-electron chi connectivity index (χ1n) is 4.77. The first-order chi connectivity index (χ1) is 6.20. The highest BCUT2D eigenvalue weighted by molar-refractivity contribution is 5.84. The number of hydrogen-bond acceptors (Lipinski definition) is 2. The molecule has 0 amide bonds. The fraction of sp³-hybridized carbons (Fsp3) is 0.545. The van der Waals surface area contributed by atoms with Crippen molar-refractivity contribution in [3.8, 4) is 0 Å². The van der Waals surface area contributed by atoms with Crippen LogP contribution in [0, 0.1) is 12.8 Å². The van der Waals surface area contributed by atoms with Crippen molar-refractivity contribution in [2.45, 2.75) is 32.6 Å². The second-order valence-electron chi connectivity index (χ2n) is 3.83. The Kier molecular flexibility index (Phi) is 1.98. The molecule has 0 N–H and O–H groups in total. The Bertz CT molecular complexity index is 325. The normalized spacial score (nSPS) is 28.3. The number of rotatable bonds is 1. The van der Waals surface area contributed by atoms with Crippen LogP contribution in [0.1, 0.15) is 37.0 Å². The molecule has 2 unspecified atom stereocenters. The van der Waals surface area contributed by atoms with Crippen LogP contribution in [0.3, 0.4) is 0 Å². The summed E-state index contributed by atoms with van der Waals surface area (Å²) in [5.41, 5.74) is 1.22. The number of hydrogen-bond donors (Lipinski definition) is 0. The molecule has 1 aliphatic rings. The van der Waals surface area contributed by atoms with E-state index in [1.54, 1.807) is 6.26 Å². The van der Waals surface area contributed by atoms with E-state index in [1.807, 2.05) is 19.9 Å². The summed E-state index contributed by atoms with van der Waals surface area (Å²) in [4.78, 5) is 11.4. The minimum atomic E-state index is 0.177. The van der Waals surface area contributed by atoms with E-state index in [4.69, 9.17) is 4.42 Å².